The smallest absolute Gasteiger partial charge is 0.219 e. The molecule has 0 fully saturated rings. The highest BCUT2D eigenvalue weighted by Crippen LogP contribution is 2.19. The normalized spacial score (nSPS) is 14.2. The molecular weight excluding hydrogens is 252 g/mol. The van der Waals surface area contributed by atoms with Crippen LogP contribution in [0.3, 0.4) is 0 Å². The first kappa shape index (κ1) is 16.8. The number of hydrogen-bond donors (Lipinski definition) is 2. The van der Waals surface area contributed by atoms with Crippen molar-refractivity contribution in [1.29, 1.82) is 0 Å². The molecule has 19 heavy (non-hydrogen) atoms. The van der Waals surface area contributed by atoms with Crippen molar-refractivity contribution in [1.82, 2.24) is 5.43 Å². The van der Waals surface area contributed by atoms with Gasteiger partial charge < -0.3 is 10.2 Å². The van der Waals surface area contributed by atoms with Crippen LogP contribution in [-0.4, -0.2) is 5.90 Å². The Morgan fingerprint density at radius 3 is 2.47 bits per heavy atom. The minimum absolute atomic E-state index is 0.0251. The van der Waals surface area contributed by atoms with Gasteiger partial charge in [-0.1, -0.05) is 19.2 Å². The van der Waals surface area contributed by atoms with E-state index in [1.807, 2.05) is 0 Å². The van der Waals surface area contributed by atoms with Gasteiger partial charge >= 0.3 is 0 Å². The SMILES string of the molecule is C=C/C(F)=C(/OC(/C=C/C)=N/C=C(\C)NN)C(=C)F. The number of nitrogens with two attached hydrogens (primary N) is 1. The minimum atomic E-state index is -1.06. The average molecular weight is 269 g/mol. The molecule has 0 aliphatic heterocycles. The zero-order valence-corrected chi connectivity index (χ0v) is 10.9. The second kappa shape index (κ2) is 8.82. The van der Waals surface area contributed by atoms with E-state index < -0.39 is 17.4 Å². The standard InChI is InChI=1S/C13H17F2N3O/c1-5-7-12(17-8-9(3)18-16)19-13(10(4)14)11(15)6-2/h5-8,18H,2,4,16H2,1,3H3/b7-5+,9-8+,13-11-,17-12+. The van der Waals surface area contributed by atoms with Crippen LogP contribution in [0, 0.1) is 0 Å². The maximum atomic E-state index is 13.3. The van der Waals surface area contributed by atoms with Crippen molar-refractivity contribution in [3.8, 4) is 0 Å². The van der Waals surface area contributed by atoms with Gasteiger partial charge in [0, 0.05) is 5.70 Å². The average Bonchev–Trinajstić information content (AvgIpc) is 2.40. The van der Waals surface area contributed by atoms with Crippen molar-refractivity contribution >= 4 is 5.90 Å². The zero-order valence-electron chi connectivity index (χ0n) is 10.9. The van der Waals surface area contributed by atoms with Gasteiger partial charge in [-0.05, 0) is 26.0 Å². The van der Waals surface area contributed by atoms with E-state index in [-0.39, 0.29) is 5.90 Å². The van der Waals surface area contributed by atoms with Crippen LogP contribution >= 0.6 is 0 Å². The lowest BCUT2D eigenvalue weighted by atomic mass is 10.3. The molecule has 0 aromatic carbocycles. The van der Waals surface area contributed by atoms with Gasteiger partial charge in [0.2, 0.25) is 5.90 Å². The number of hydrazine groups is 1. The molecule has 0 aromatic rings. The molecule has 0 atom stereocenters. The summed E-state index contributed by atoms with van der Waals surface area (Å²) in [6, 6.07) is 0. The number of halogens is 2. The molecule has 0 unspecified atom stereocenters. The fraction of sp³-hybridized carbons (Fsp3) is 0.154. The van der Waals surface area contributed by atoms with Crippen molar-refractivity contribution in [3.63, 3.8) is 0 Å². The maximum absolute atomic E-state index is 13.3. The van der Waals surface area contributed by atoms with Crippen LogP contribution < -0.4 is 11.3 Å². The van der Waals surface area contributed by atoms with Gasteiger partial charge in [-0.3, -0.25) is 5.84 Å². The maximum Gasteiger partial charge on any atom is 0.219 e. The molecule has 0 aliphatic rings. The molecule has 0 spiro atoms. The van der Waals surface area contributed by atoms with Crippen LogP contribution in [0.25, 0.3) is 0 Å². The molecule has 0 bridgehead atoms. The van der Waals surface area contributed by atoms with Crippen LogP contribution in [0.5, 0.6) is 0 Å². The van der Waals surface area contributed by atoms with Gasteiger partial charge in [0.25, 0.3) is 0 Å². The summed E-state index contributed by atoms with van der Waals surface area (Å²) in [5.74, 6) is 2.42. The predicted octanol–water partition coefficient (Wildman–Crippen LogP) is 3.15. The highest BCUT2D eigenvalue weighted by molar-refractivity contribution is 5.89. The summed E-state index contributed by atoms with van der Waals surface area (Å²) < 4.78 is 31.4. The number of rotatable bonds is 6. The van der Waals surface area contributed by atoms with Gasteiger partial charge in [-0.2, -0.15) is 0 Å². The van der Waals surface area contributed by atoms with Crippen LogP contribution in [0.15, 0.2) is 65.7 Å². The van der Waals surface area contributed by atoms with Gasteiger partial charge in [0.15, 0.2) is 17.4 Å². The Labute approximate surface area is 111 Å². The molecule has 6 heteroatoms. The second-order valence-corrected chi connectivity index (χ2v) is 3.31. The molecule has 0 saturated heterocycles. The summed E-state index contributed by atoms with van der Waals surface area (Å²) >= 11 is 0. The fourth-order valence-electron chi connectivity index (χ4n) is 0.875. The molecule has 0 aromatic heterocycles. The van der Waals surface area contributed by atoms with Gasteiger partial charge in [-0.25, -0.2) is 13.8 Å². The summed E-state index contributed by atoms with van der Waals surface area (Å²) in [4.78, 5) is 3.88. The van der Waals surface area contributed by atoms with Crippen LogP contribution in [0.2, 0.25) is 0 Å². The van der Waals surface area contributed by atoms with Crippen molar-refractivity contribution in [2.24, 2.45) is 10.8 Å². The van der Waals surface area contributed by atoms with E-state index in [2.05, 4.69) is 23.6 Å². The van der Waals surface area contributed by atoms with Gasteiger partial charge in [-0.15, -0.1) is 0 Å². The Morgan fingerprint density at radius 1 is 1.42 bits per heavy atom. The highest BCUT2D eigenvalue weighted by Gasteiger charge is 2.12. The van der Waals surface area contributed by atoms with Crippen LogP contribution in [-0.2, 0) is 4.74 Å². The van der Waals surface area contributed by atoms with Gasteiger partial charge in [0.1, 0.15) is 0 Å². The third-order valence-corrected chi connectivity index (χ3v) is 1.77. The number of allylic oxidation sites excluding steroid dienone is 5. The lowest BCUT2D eigenvalue weighted by molar-refractivity contribution is 0.375. The summed E-state index contributed by atoms with van der Waals surface area (Å²) in [7, 11) is 0. The number of ether oxygens (including phenoxy) is 1. The molecule has 0 amide bonds. The third kappa shape index (κ3) is 6.32. The fourth-order valence-corrected chi connectivity index (χ4v) is 0.875. The van der Waals surface area contributed by atoms with E-state index in [0.29, 0.717) is 5.70 Å². The Bertz CT molecular complexity index is 463. The van der Waals surface area contributed by atoms with Crippen molar-refractivity contribution in [3.05, 3.63) is 60.7 Å². The summed E-state index contributed by atoms with van der Waals surface area (Å²) in [6.07, 6.45) is 5.19. The van der Waals surface area contributed by atoms with E-state index in [0.717, 1.165) is 6.08 Å². The van der Waals surface area contributed by atoms with E-state index in [4.69, 9.17) is 10.6 Å². The molecule has 3 N–H and O–H groups in total. The summed E-state index contributed by atoms with van der Waals surface area (Å²) in [5.41, 5.74) is 2.89. The van der Waals surface area contributed by atoms with Crippen molar-refractivity contribution < 1.29 is 13.5 Å². The summed E-state index contributed by atoms with van der Waals surface area (Å²) in [5, 5.41) is 0. The van der Waals surface area contributed by atoms with E-state index >= 15 is 0 Å². The quantitative estimate of drug-likeness (QED) is 0.194. The monoisotopic (exact) mass is 269 g/mol. The highest BCUT2D eigenvalue weighted by atomic mass is 19.1. The predicted molar refractivity (Wildman–Crippen MR) is 73.0 cm³/mol. The zero-order chi connectivity index (χ0) is 14.8. The van der Waals surface area contributed by atoms with Crippen molar-refractivity contribution in [2.75, 3.05) is 0 Å². The Kier molecular flexibility index (Phi) is 7.79. The first-order valence-electron chi connectivity index (χ1n) is 5.35. The minimum Gasteiger partial charge on any atom is -0.433 e. The third-order valence-electron chi connectivity index (χ3n) is 1.77. The molecule has 104 valence electrons. The number of aliphatic imine (C=N–C) groups is 1. The molecular formula is C13H17F2N3O. The Morgan fingerprint density at radius 2 is 2.05 bits per heavy atom. The first-order valence-corrected chi connectivity index (χ1v) is 5.35. The molecule has 0 saturated carbocycles. The Balaban J connectivity index is 5.35. The van der Waals surface area contributed by atoms with E-state index in [1.165, 1.54) is 12.3 Å². The van der Waals surface area contributed by atoms with Crippen LogP contribution in [0.1, 0.15) is 13.8 Å². The Hall–Kier alpha value is -2.21. The number of nitrogens with one attached hydrogen (secondary N) is 1. The topological polar surface area (TPSA) is 59.6 Å². The molecule has 0 aliphatic carbocycles. The molecule has 0 rings (SSSR count). The second-order valence-electron chi connectivity index (χ2n) is 3.31. The molecule has 0 heterocycles. The van der Waals surface area contributed by atoms with E-state index in [1.54, 1.807) is 19.9 Å². The lowest BCUT2D eigenvalue weighted by Crippen LogP contribution is -2.18. The van der Waals surface area contributed by atoms with Gasteiger partial charge in [0.05, 0.1) is 6.20 Å². The first-order chi connectivity index (χ1) is 8.96. The number of nitrogens with zero attached hydrogens (tertiary/aromatic N) is 1. The molecule has 4 nitrogen and oxygen atoms in total. The molecule has 0 radical (unpaired) electrons. The van der Waals surface area contributed by atoms with Crippen molar-refractivity contribution in [2.45, 2.75) is 13.8 Å². The van der Waals surface area contributed by atoms with Crippen LogP contribution in [0.4, 0.5) is 8.78 Å². The van der Waals surface area contributed by atoms with E-state index in [9.17, 15) is 8.78 Å². The summed E-state index contributed by atoms with van der Waals surface area (Å²) in [6.45, 7) is 9.53. The number of hydrogen-bond acceptors (Lipinski definition) is 4. The largest absolute Gasteiger partial charge is 0.433 e. The lowest BCUT2D eigenvalue weighted by Gasteiger charge is -2.07.